The summed E-state index contributed by atoms with van der Waals surface area (Å²) in [5.74, 6) is 0.386. The molecular formula is C15H21O2P. The van der Waals surface area contributed by atoms with E-state index in [-0.39, 0.29) is 14.3 Å². The molecule has 0 spiro atoms. The summed E-state index contributed by atoms with van der Waals surface area (Å²) in [7, 11) is -0.341. The zero-order valence-electron chi connectivity index (χ0n) is 10.8. The molecule has 18 heavy (non-hydrogen) atoms. The molecule has 0 aromatic heterocycles. The van der Waals surface area contributed by atoms with Crippen molar-refractivity contribution in [3.63, 3.8) is 0 Å². The van der Waals surface area contributed by atoms with Gasteiger partial charge in [-0.2, -0.15) is 0 Å². The summed E-state index contributed by atoms with van der Waals surface area (Å²) >= 11 is 0. The highest BCUT2D eigenvalue weighted by Crippen LogP contribution is 2.53. The maximum Gasteiger partial charge on any atom is 0.0671 e. The van der Waals surface area contributed by atoms with Crippen molar-refractivity contribution in [3.8, 4) is 0 Å². The Morgan fingerprint density at radius 1 is 1.28 bits per heavy atom. The van der Waals surface area contributed by atoms with Crippen LogP contribution in [0.5, 0.6) is 0 Å². The van der Waals surface area contributed by atoms with Crippen molar-refractivity contribution < 1.29 is 9.63 Å². The Morgan fingerprint density at radius 2 is 2.06 bits per heavy atom. The minimum absolute atomic E-state index is 0.128. The fourth-order valence-electron chi connectivity index (χ4n) is 3.31. The van der Waals surface area contributed by atoms with Gasteiger partial charge in [-0.15, -0.1) is 0 Å². The Balaban J connectivity index is 1.69. The van der Waals surface area contributed by atoms with E-state index in [0.717, 1.165) is 25.7 Å². The summed E-state index contributed by atoms with van der Waals surface area (Å²) in [6.45, 7) is 2.25. The van der Waals surface area contributed by atoms with E-state index < -0.39 is 0 Å². The number of fused-ring (bicyclic) bond motifs is 1. The maximum atomic E-state index is 10.0. The minimum atomic E-state index is -0.341. The highest BCUT2D eigenvalue weighted by atomic mass is 31.1. The molecule has 1 aliphatic heterocycles. The van der Waals surface area contributed by atoms with Gasteiger partial charge in [-0.25, -0.2) is 0 Å². The second-order valence-corrected chi connectivity index (χ2v) is 7.61. The summed E-state index contributed by atoms with van der Waals surface area (Å²) in [6, 6.07) is 10.7. The predicted octanol–water partition coefficient (Wildman–Crippen LogP) is 3.18. The van der Waals surface area contributed by atoms with Gasteiger partial charge in [-0.05, 0) is 37.9 Å². The summed E-state index contributed by atoms with van der Waals surface area (Å²) in [4.78, 5) is 0. The third kappa shape index (κ3) is 2.47. The topological polar surface area (TPSA) is 29.5 Å². The number of rotatable bonds is 2. The van der Waals surface area contributed by atoms with Crippen LogP contribution >= 0.6 is 8.15 Å². The largest absolute Gasteiger partial charge is 0.393 e. The Morgan fingerprint density at radius 3 is 2.83 bits per heavy atom. The monoisotopic (exact) mass is 264 g/mol. The van der Waals surface area contributed by atoms with E-state index in [9.17, 15) is 5.11 Å². The Kier molecular flexibility index (Phi) is 3.70. The van der Waals surface area contributed by atoms with E-state index in [1.54, 1.807) is 0 Å². The minimum Gasteiger partial charge on any atom is -0.393 e. The molecule has 1 N–H and O–H groups in total. The number of hydrogen-bond acceptors (Lipinski definition) is 2. The summed E-state index contributed by atoms with van der Waals surface area (Å²) in [5, 5.41) is 10.0. The molecular weight excluding hydrogens is 243 g/mol. The van der Waals surface area contributed by atoms with Gasteiger partial charge in [-0.1, -0.05) is 30.3 Å². The fourth-order valence-corrected chi connectivity index (χ4v) is 5.18. The molecule has 0 radical (unpaired) electrons. The molecule has 1 saturated carbocycles. The van der Waals surface area contributed by atoms with Crippen molar-refractivity contribution in [2.75, 3.05) is 6.66 Å². The number of hydrogen-bond donors (Lipinski definition) is 1. The first-order valence-electron chi connectivity index (χ1n) is 6.85. The fraction of sp³-hybridized carbons (Fsp3) is 0.600. The molecule has 3 rings (SSSR count). The van der Waals surface area contributed by atoms with Gasteiger partial charge in [-0.3, -0.25) is 0 Å². The second-order valence-electron chi connectivity index (χ2n) is 5.58. The quantitative estimate of drug-likeness (QED) is 0.831. The zero-order valence-corrected chi connectivity index (χ0v) is 11.7. The first-order valence-corrected chi connectivity index (χ1v) is 8.63. The lowest BCUT2D eigenvalue weighted by molar-refractivity contribution is 0.0651. The van der Waals surface area contributed by atoms with Crippen molar-refractivity contribution in [1.82, 2.24) is 0 Å². The van der Waals surface area contributed by atoms with Gasteiger partial charge in [0.2, 0.25) is 0 Å². The van der Waals surface area contributed by atoms with Crippen LogP contribution in [0.1, 0.15) is 24.8 Å². The van der Waals surface area contributed by atoms with Crippen LogP contribution in [0.25, 0.3) is 0 Å². The van der Waals surface area contributed by atoms with E-state index >= 15 is 0 Å². The van der Waals surface area contributed by atoms with Crippen molar-refractivity contribution in [2.45, 2.75) is 43.6 Å². The highest BCUT2D eigenvalue weighted by Gasteiger charge is 2.43. The molecule has 5 atom stereocenters. The Hall–Kier alpha value is -0.430. The van der Waals surface area contributed by atoms with Crippen LogP contribution in [-0.4, -0.2) is 29.6 Å². The molecule has 98 valence electrons. The zero-order chi connectivity index (χ0) is 12.5. The van der Waals surface area contributed by atoms with E-state index in [1.165, 1.54) is 5.56 Å². The van der Waals surface area contributed by atoms with Gasteiger partial charge in [0.05, 0.1) is 12.2 Å². The summed E-state index contributed by atoms with van der Waals surface area (Å²) < 4.78 is 6.17. The number of benzene rings is 1. The molecule has 3 heteroatoms. The average molecular weight is 264 g/mol. The van der Waals surface area contributed by atoms with Crippen LogP contribution in [0, 0.1) is 5.92 Å². The second kappa shape index (κ2) is 5.28. The highest BCUT2D eigenvalue weighted by molar-refractivity contribution is 7.52. The molecule has 2 fully saturated rings. The smallest absolute Gasteiger partial charge is 0.0671 e. The predicted molar refractivity (Wildman–Crippen MR) is 75.0 cm³/mol. The first-order chi connectivity index (χ1) is 8.74. The van der Waals surface area contributed by atoms with Crippen molar-refractivity contribution in [1.29, 1.82) is 0 Å². The van der Waals surface area contributed by atoms with Crippen molar-refractivity contribution in [2.24, 2.45) is 5.92 Å². The lowest BCUT2D eigenvalue weighted by Gasteiger charge is -2.38. The number of aliphatic hydroxyl groups excluding tert-OH is 1. The number of aliphatic hydroxyl groups is 1. The van der Waals surface area contributed by atoms with E-state index in [2.05, 4.69) is 37.0 Å². The van der Waals surface area contributed by atoms with Gasteiger partial charge < -0.3 is 9.63 Å². The molecule has 1 aromatic rings. The molecule has 1 aromatic carbocycles. The molecule has 0 amide bonds. The van der Waals surface area contributed by atoms with E-state index in [0.29, 0.717) is 17.7 Å². The normalized spacial score (nSPS) is 39.6. The third-order valence-electron chi connectivity index (χ3n) is 4.39. The van der Waals surface area contributed by atoms with Crippen LogP contribution < -0.4 is 0 Å². The third-order valence-corrected chi connectivity index (χ3v) is 6.42. The van der Waals surface area contributed by atoms with Gasteiger partial charge in [0, 0.05) is 19.7 Å². The van der Waals surface area contributed by atoms with E-state index in [1.807, 2.05) is 0 Å². The van der Waals surface area contributed by atoms with E-state index in [4.69, 9.17) is 4.52 Å². The molecule has 2 aliphatic rings. The van der Waals surface area contributed by atoms with Crippen LogP contribution in [0.3, 0.4) is 0 Å². The SMILES string of the molecule is CP1OC2CCC(O)C2C[C@@H]1Cc1ccccc1. The maximum absolute atomic E-state index is 10.0. The van der Waals surface area contributed by atoms with Crippen LogP contribution in [0.15, 0.2) is 30.3 Å². The average Bonchev–Trinajstić information content (AvgIpc) is 2.73. The standard InChI is InChI=1S/C15H21O2P/c1-18-12(9-11-5-3-2-4-6-11)10-13-14(16)7-8-15(13)17-18/h2-6,12-16H,7-10H2,1H3/t12-,13?,14?,15?,18?/m0/s1. The molecule has 0 bridgehead atoms. The van der Waals surface area contributed by atoms with Crippen LogP contribution in [-0.2, 0) is 10.9 Å². The van der Waals surface area contributed by atoms with Crippen LogP contribution in [0.2, 0.25) is 0 Å². The summed E-state index contributed by atoms with van der Waals surface area (Å²) in [6.07, 6.45) is 4.43. The van der Waals surface area contributed by atoms with Gasteiger partial charge in [0.25, 0.3) is 0 Å². The van der Waals surface area contributed by atoms with Gasteiger partial charge in [0.1, 0.15) is 0 Å². The Labute approximate surface area is 110 Å². The van der Waals surface area contributed by atoms with Crippen molar-refractivity contribution >= 4 is 8.15 Å². The molecule has 2 nitrogen and oxygen atoms in total. The van der Waals surface area contributed by atoms with Crippen LogP contribution in [0.4, 0.5) is 0 Å². The molecule has 4 unspecified atom stereocenters. The molecule has 1 aliphatic carbocycles. The first kappa shape index (κ1) is 12.6. The Bertz CT molecular complexity index is 395. The molecule has 1 heterocycles. The molecule has 1 saturated heterocycles. The van der Waals surface area contributed by atoms with Gasteiger partial charge in [0.15, 0.2) is 0 Å². The lowest BCUT2D eigenvalue weighted by Crippen LogP contribution is -2.34. The van der Waals surface area contributed by atoms with Gasteiger partial charge >= 0.3 is 0 Å². The summed E-state index contributed by atoms with van der Waals surface area (Å²) in [5.41, 5.74) is 2.00. The lowest BCUT2D eigenvalue weighted by atomic mass is 9.94. The van der Waals surface area contributed by atoms with Crippen molar-refractivity contribution in [3.05, 3.63) is 35.9 Å².